The topological polar surface area (TPSA) is 48.1 Å². The van der Waals surface area contributed by atoms with Crippen molar-refractivity contribution in [3.05, 3.63) is 58.2 Å². The first-order valence-electron chi connectivity index (χ1n) is 10.0. The standard InChI is InChI=1S/C20H14F10N4S2/c21-7-9(23)13(27)17(14(28)10(7)24)33-19(35)31-5-3-1-2-4-6(5)32-20(36)34-18-15(29)11(25)8(22)12(26)16(18)30/h5-6H,1-4H2,(H2,31,33,35)(H2,32,34,36). The lowest BCUT2D eigenvalue weighted by Gasteiger charge is -2.34. The second kappa shape index (κ2) is 11.0. The van der Waals surface area contributed by atoms with E-state index in [2.05, 4.69) is 10.6 Å². The number of anilines is 2. The lowest BCUT2D eigenvalue weighted by Crippen LogP contribution is -2.54. The van der Waals surface area contributed by atoms with E-state index in [1.807, 2.05) is 10.6 Å². The van der Waals surface area contributed by atoms with Gasteiger partial charge in [-0.1, -0.05) is 12.8 Å². The van der Waals surface area contributed by atoms with Crippen molar-refractivity contribution in [1.29, 1.82) is 0 Å². The van der Waals surface area contributed by atoms with Crippen LogP contribution in [0.25, 0.3) is 0 Å². The average Bonchev–Trinajstić information content (AvgIpc) is 2.85. The molecule has 196 valence electrons. The van der Waals surface area contributed by atoms with E-state index in [1.54, 1.807) is 0 Å². The van der Waals surface area contributed by atoms with Crippen molar-refractivity contribution in [3.8, 4) is 0 Å². The molecule has 3 rings (SSSR count). The summed E-state index contributed by atoms with van der Waals surface area (Å²) < 4.78 is 136. The van der Waals surface area contributed by atoms with Crippen LogP contribution >= 0.6 is 24.4 Å². The predicted molar refractivity (Wildman–Crippen MR) is 117 cm³/mol. The Morgan fingerprint density at radius 1 is 0.472 bits per heavy atom. The number of benzene rings is 2. The fourth-order valence-corrected chi connectivity index (χ4v) is 4.05. The summed E-state index contributed by atoms with van der Waals surface area (Å²) in [6.07, 6.45) is 1.92. The molecule has 4 nitrogen and oxygen atoms in total. The van der Waals surface area contributed by atoms with Crippen LogP contribution in [0.15, 0.2) is 0 Å². The first-order chi connectivity index (χ1) is 16.8. The summed E-state index contributed by atoms with van der Waals surface area (Å²) >= 11 is 9.83. The van der Waals surface area contributed by atoms with Gasteiger partial charge in [0.2, 0.25) is 11.6 Å². The molecule has 0 saturated heterocycles. The Hall–Kier alpha value is -2.88. The summed E-state index contributed by atoms with van der Waals surface area (Å²) in [6.45, 7) is 0. The highest BCUT2D eigenvalue weighted by molar-refractivity contribution is 7.80. The second-order valence-corrected chi connectivity index (χ2v) is 8.40. The fraction of sp³-hybridized carbons (Fsp3) is 0.300. The van der Waals surface area contributed by atoms with Crippen molar-refractivity contribution in [2.45, 2.75) is 37.8 Å². The van der Waals surface area contributed by atoms with Gasteiger partial charge in [0.15, 0.2) is 56.8 Å². The zero-order valence-electron chi connectivity index (χ0n) is 17.6. The molecule has 2 aromatic carbocycles. The molecule has 16 heteroatoms. The second-order valence-electron chi connectivity index (χ2n) is 7.58. The van der Waals surface area contributed by atoms with Crippen LogP contribution in [-0.2, 0) is 0 Å². The SMILES string of the molecule is Fc1c(F)c(F)c(NC(=S)NC2CCCCC2NC(=S)Nc2c(F)c(F)c(F)c(F)c2F)c(F)c1F. The van der Waals surface area contributed by atoms with Crippen molar-refractivity contribution in [2.24, 2.45) is 0 Å². The zero-order valence-corrected chi connectivity index (χ0v) is 19.2. The van der Waals surface area contributed by atoms with Gasteiger partial charge < -0.3 is 21.3 Å². The highest BCUT2D eigenvalue weighted by Crippen LogP contribution is 2.29. The van der Waals surface area contributed by atoms with E-state index in [9.17, 15) is 43.9 Å². The van der Waals surface area contributed by atoms with Crippen molar-refractivity contribution in [1.82, 2.24) is 10.6 Å². The van der Waals surface area contributed by atoms with Gasteiger partial charge in [-0.25, -0.2) is 43.9 Å². The van der Waals surface area contributed by atoms with E-state index in [0.29, 0.717) is 25.7 Å². The van der Waals surface area contributed by atoms with Gasteiger partial charge in [-0.3, -0.25) is 0 Å². The molecule has 2 unspecified atom stereocenters. The summed E-state index contributed by atoms with van der Waals surface area (Å²) in [6, 6.07) is -1.37. The third kappa shape index (κ3) is 5.43. The lowest BCUT2D eigenvalue weighted by atomic mass is 9.90. The minimum atomic E-state index is -2.35. The van der Waals surface area contributed by atoms with Gasteiger partial charge in [-0.05, 0) is 37.3 Å². The Balaban J connectivity index is 1.72. The third-order valence-electron chi connectivity index (χ3n) is 5.30. The van der Waals surface area contributed by atoms with E-state index in [1.165, 1.54) is 0 Å². The number of halogens is 10. The molecule has 4 N–H and O–H groups in total. The molecule has 1 aliphatic rings. The number of rotatable bonds is 4. The highest BCUT2D eigenvalue weighted by Gasteiger charge is 2.30. The molecule has 0 amide bonds. The smallest absolute Gasteiger partial charge is 0.200 e. The molecule has 0 spiro atoms. The molecule has 0 heterocycles. The Morgan fingerprint density at radius 2 is 0.722 bits per heavy atom. The van der Waals surface area contributed by atoms with E-state index < -0.39 is 91.9 Å². The molecule has 2 atom stereocenters. The van der Waals surface area contributed by atoms with E-state index in [-0.39, 0.29) is 0 Å². The van der Waals surface area contributed by atoms with Gasteiger partial charge in [-0.2, -0.15) is 0 Å². The molecular formula is C20H14F10N4S2. The van der Waals surface area contributed by atoms with Crippen LogP contribution in [0.4, 0.5) is 55.3 Å². The summed E-state index contributed by atoms with van der Waals surface area (Å²) in [5.41, 5.74) is -2.76. The maximum absolute atomic E-state index is 13.9. The number of hydrogen-bond donors (Lipinski definition) is 4. The lowest BCUT2D eigenvalue weighted by molar-refractivity contribution is 0.339. The fourth-order valence-electron chi connectivity index (χ4n) is 3.54. The summed E-state index contributed by atoms with van der Waals surface area (Å²) in [7, 11) is 0. The molecule has 36 heavy (non-hydrogen) atoms. The third-order valence-corrected chi connectivity index (χ3v) is 5.74. The van der Waals surface area contributed by atoms with Crippen molar-refractivity contribution in [3.63, 3.8) is 0 Å². The van der Waals surface area contributed by atoms with E-state index in [4.69, 9.17) is 24.4 Å². The maximum atomic E-state index is 13.9. The molecular weight excluding hydrogens is 550 g/mol. The first-order valence-corrected chi connectivity index (χ1v) is 10.8. The van der Waals surface area contributed by atoms with E-state index in [0.717, 1.165) is 0 Å². The molecule has 0 radical (unpaired) electrons. The largest absolute Gasteiger partial charge is 0.358 e. The van der Waals surface area contributed by atoms with Crippen LogP contribution in [0.1, 0.15) is 25.7 Å². The number of hydrogen-bond acceptors (Lipinski definition) is 2. The minimum absolute atomic E-state index is 0.349. The molecule has 2 aromatic rings. The minimum Gasteiger partial charge on any atom is -0.358 e. The first kappa shape index (κ1) is 27.7. The summed E-state index contributed by atoms with van der Waals surface area (Å²) in [5.74, 6) is -22.0. The molecule has 1 aliphatic carbocycles. The monoisotopic (exact) mass is 564 g/mol. The normalized spacial score (nSPS) is 17.5. The van der Waals surface area contributed by atoms with Crippen molar-refractivity contribution in [2.75, 3.05) is 10.6 Å². The Labute approximate surface area is 207 Å². The van der Waals surface area contributed by atoms with Gasteiger partial charge in [0.25, 0.3) is 0 Å². The van der Waals surface area contributed by atoms with Crippen LogP contribution < -0.4 is 21.3 Å². The molecule has 1 fully saturated rings. The van der Waals surface area contributed by atoms with Crippen LogP contribution in [-0.4, -0.2) is 22.3 Å². The number of thiocarbonyl (C=S) groups is 2. The van der Waals surface area contributed by atoms with Crippen molar-refractivity contribution < 1.29 is 43.9 Å². The van der Waals surface area contributed by atoms with E-state index >= 15 is 0 Å². The molecule has 0 bridgehead atoms. The maximum Gasteiger partial charge on any atom is 0.200 e. The summed E-state index contributed by atoms with van der Waals surface area (Å²) in [5, 5.41) is 8.03. The zero-order chi connectivity index (χ0) is 26.9. The van der Waals surface area contributed by atoms with Gasteiger partial charge in [0.05, 0.1) is 0 Å². The van der Waals surface area contributed by atoms with Crippen LogP contribution in [0.2, 0.25) is 0 Å². The molecule has 0 aliphatic heterocycles. The van der Waals surface area contributed by atoms with Crippen molar-refractivity contribution >= 4 is 46.0 Å². The Morgan fingerprint density at radius 3 is 1.00 bits per heavy atom. The van der Waals surface area contributed by atoms with Gasteiger partial charge in [0, 0.05) is 12.1 Å². The van der Waals surface area contributed by atoms with Gasteiger partial charge in [0.1, 0.15) is 11.4 Å². The molecule has 0 aromatic heterocycles. The Bertz CT molecular complexity index is 1070. The quantitative estimate of drug-likeness (QED) is 0.167. The highest BCUT2D eigenvalue weighted by atomic mass is 32.1. The van der Waals surface area contributed by atoms with Crippen LogP contribution in [0, 0.1) is 58.2 Å². The number of nitrogens with one attached hydrogen (secondary N) is 4. The van der Waals surface area contributed by atoms with Gasteiger partial charge >= 0.3 is 0 Å². The predicted octanol–water partition coefficient (Wildman–Crippen LogP) is 5.66. The molecule has 1 saturated carbocycles. The Kier molecular flexibility index (Phi) is 8.48. The van der Waals surface area contributed by atoms with Gasteiger partial charge in [-0.15, -0.1) is 0 Å². The van der Waals surface area contributed by atoms with Crippen LogP contribution in [0.5, 0.6) is 0 Å². The van der Waals surface area contributed by atoms with Crippen LogP contribution in [0.3, 0.4) is 0 Å². The average molecular weight is 564 g/mol. The summed E-state index contributed by atoms with van der Waals surface area (Å²) in [4.78, 5) is 0.